The first-order chi connectivity index (χ1) is 13.7. The number of quaternary nitrogens is 1. The van der Waals surface area contributed by atoms with Crippen LogP contribution < -0.4 is 38.2 Å². The van der Waals surface area contributed by atoms with Crippen molar-refractivity contribution in [2.45, 2.75) is 63.7 Å². The SMILES string of the molecule is COc1c2c(cc3c1C(CC(O)CC1CCOC(C)(C)C1)[N+](C)(C)CC3)OCO2.[I-]. The Kier molecular flexibility index (Phi) is 7.16. The van der Waals surface area contributed by atoms with E-state index in [4.69, 9.17) is 18.9 Å². The maximum Gasteiger partial charge on any atom is 0.231 e. The van der Waals surface area contributed by atoms with Crippen LogP contribution in [0.5, 0.6) is 17.2 Å². The molecule has 0 saturated carbocycles. The Hall–Kier alpha value is -0.770. The standard InChI is InChI=1S/C23H36NO5.HI/c1-23(2)13-15(7-9-29-23)10-17(25)12-18-20-16(6-8-24(18,3)4)11-19-21(22(20)26-5)28-14-27-19;/h11,15,17-18,25H,6-10,12-14H2,1-5H3;1H/q+1;/p-1. The van der Waals surface area contributed by atoms with Gasteiger partial charge in [0.25, 0.3) is 0 Å². The molecule has 0 aliphatic carbocycles. The number of fused-ring (bicyclic) bond motifs is 2. The molecule has 3 heterocycles. The van der Waals surface area contributed by atoms with E-state index in [1.54, 1.807) is 7.11 Å². The minimum Gasteiger partial charge on any atom is -1.00 e. The van der Waals surface area contributed by atoms with E-state index in [0.29, 0.717) is 18.1 Å². The lowest BCUT2D eigenvalue weighted by Gasteiger charge is -2.44. The smallest absolute Gasteiger partial charge is 0.231 e. The van der Waals surface area contributed by atoms with Crippen molar-refractivity contribution in [2.75, 3.05) is 41.1 Å². The van der Waals surface area contributed by atoms with Crippen molar-refractivity contribution in [3.05, 3.63) is 17.2 Å². The average molecular weight is 533 g/mol. The number of halogens is 1. The Morgan fingerprint density at radius 2 is 2.03 bits per heavy atom. The molecule has 30 heavy (non-hydrogen) atoms. The number of nitrogens with zero attached hydrogens (tertiary/aromatic N) is 1. The van der Waals surface area contributed by atoms with Crippen LogP contribution in [0, 0.1) is 5.92 Å². The van der Waals surface area contributed by atoms with E-state index >= 15 is 0 Å². The van der Waals surface area contributed by atoms with Crippen LogP contribution >= 0.6 is 0 Å². The number of hydrogen-bond donors (Lipinski definition) is 1. The van der Waals surface area contributed by atoms with Gasteiger partial charge in [0.2, 0.25) is 12.5 Å². The third-order valence-electron chi connectivity index (χ3n) is 6.98. The summed E-state index contributed by atoms with van der Waals surface area (Å²) >= 11 is 0. The summed E-state index contributed by atoms with van der Waals surface area (Å²) in [5.74, 6) is 2.77. The second kappa shape index (κ2) is 9.00. The fourth-order valence-corrected chi connectivity index (χ4v) is 5.47. The van der Waals surface area contributed by atoms with Gasteiger partial charge in [-0.25, -0.2) is 0 Å². The normalized spacial score (nSPS) is 27.0. The molecule has 0 spiro atoms. The van der Waals surface area contributed by atoms with Gasteiger partial charge in [0.15, 0.2) is 11.5 Å². The van der Waals surface area contributed by atoms with Crippen molar-refractivity contribution < 1.29 is 52.5 Å². The van der Waals surface area contributed by atoms with Gasteiger partial charge in [-0.1, -0.05) is 0 Å². The molecule has 3 aliphatic heterocycles. The summed E-state index contributed by atoms with van der Waals surface area (Å²) in [6, 6.07) is 2.27. The number of aliphatic hydroxyl groups is 1. The molecule has 3 unspecified atom stereocenters. The van der Waals surface area contributed by atoms with E-state index in [1.807, 2.05) is 0 Å². The van der Waals surface area contributed by atoms with E-state index in [9.17, 15) is 5.11 Å². The lowest BCUT2D eigenvalue weighted by Crippen LogP contribution is -3.00. The molecular weight excluding hydrogens is 497 g/mol. The highest BCUT2D eigenvalue weighted by molar-refractivity contribution is 5.61. The second-order valence-electron chi connectivity index (χ2n) is 10.1. The zero-order valence-electron chi connectivity index (χ0n) is 18.9. The van der Waals surface area contributed by atoms with Crippen LogP contribution in [0.15, 0.2) is 6.07 Å². The summed E-state index contributed by atoms with van der Waals surface area (Å²) in [5, 5.41) is 11.1. The lowest BCUT2D eigenvalue weighted by molar-refractivity contribution is -0.924. The van der Waals surface area contributed by atoms with Crippen molar-refractivity contribution in [2.24, 2.45) is 5.92 Å². The van der Waals surface area contributed by atoms with E-state index in [0.717, 1.165) is 54.8 Å². The van der Waals surface area contributed by atoms with E-state index < -0.39 is 0 Å². The van der Waals surface area contributed by atoms with E-state index in [2.05, 4.69) is 34.0 Å². The van der Waals surface area contributed by atoms with Crippen molar-refractivity contribution in [1.82, 2.24) is 0 Å². The number of benzene rings is 1. The monoisotopic (exact) mass is 533 g/mol. The van der Waals surface area contributed by atoms with Crippen molar-refractivity contribution >= 4 is 0 Å². The summed E-state index contributed by atoms with van der Waals surface area (Å²) in [7, 11) is 6.20. The second-order valence-corrected chi connectivity index (χ2v) is 10.1. The Morgan fingerprint density at radius 3 is 2.73 bits per heavy atom. The zero-order valence-corrected chi connectivity index (χ0v) is 21.0. The zero-order chi connectivity index (χ0) is 20.8. The van der Waals surface area contributed by atoms with Crippen LogP contribution in [0.25, 0.3) is 0 Å². The third-order valence-corrected chi connectivity index (χ3v) is 6.98. The number of likely N-dealkylation sites (N-methyl/N-ethyl adjacent to an activating group) is 1. The molecule has 1 aromatic carbocycles. The van der Waals surface area contributed by atoms with Gasteiger partial charge in [0.05, 0.1) is 45.0 Å². The quantitative estimate of drug-likeness (QED) is 0.440. The molecular formula is C23H36INO5. The minimum absolute atomic E-state index is 0. The molecule has 4 rings (SSSR count). The molecule has 1 aromatic rings. The molecule has 1 N–H and O–H groups in total. The van der Waals surface area contributed by atoms with Crippen LogP contribution in [-0.4, -0.2) is 62.4 Å². The summed E-state index contributed by atoms with van der Waals surface area (Å²) in [6.07, 6.45) is 4.19. The largest absolute Gasteiger partial charge is 1.00 e. The molecule has 0 bridgehead atoms. The van der Waals surface area contributed by atoms with Gasteiger partial charge in [0.1, 0.15) is 6.04 Å². The molecule has 0 aromatic heterocycles. The molecule has 0 amide bonds. The molecule has 0 radical (unpaired) electrons. The highest BCUT2D eigenvalue weighted by Crippen LogP contribution is 2.51. The van der Waals surface area contributed by atoms with Gasteiger partial charge in [0, 0.05) is 19.4 Å². The summed E-state index contributed by atoms with van der Waals surface area (Å²) in [5.41, 5.74) is 2.35. The number of hydrogen-bond acceptors (Lipinski definition) is 5. The first kappa shape index (κ1) is 23.9. The van der Waals surface area contributed by atoms with Crippen molar-refractivity contribution in [3.63, 3.8) is 0 Å². The first-order valence-corrected chi connectivity index (χ1v) is 10.8. The number of rotatable bonds is 5. The molecule has 170 valence electrons. The average Bonchev–Trinajstić information content (AvgIpc) is 3.10. The Bertz CT molecular complexity index is 766. The van der Waals surface area contributed by atoms with E-state index in [1.165, 1.54) is 11.1 Å². The fraction of sp³-hybridized carbons (Fsp3) is 0.739. The summed E-state index contributed by atoms with van der Waals surface area (Å²) in [4.78, 5) is 0. The third kappa shape index (κ3) is 4.69. The maximum absolute atomic E-state index is 11.1. The summed E-state index contributed by atoms with van der Waals surface area (Å²) < 4.78 is 23.9. The summed E-state index contributed by atoms with van der Waals surface area (Å²) in [6.45, 7) is 6.35. The topological polar surface area (TPSA) is 57.2 Å². The van der Waals surface area contributed by atoms with Gasteiger partial charge in [-0.3, -0.25) is 0 Å². The van der Waals surface area contributed by atoms with Gasteiger partial charge in [-0.2, -0.15) is 0 Å². The van der Waals surface area contributed by atoms with Crippen LogP contribution in [0.2, 0.25) is 0 Å². The highest BCUT2D eigenvalue weighted by Gasteiger charge is 2.42. The lowest BCUT2D eigenvalue weighted by atomic mass is 9.81. The van der Waals surface area contributed by atoms with Gasteiger partial charge < -0.3 is 52.5 Å². The maximum atomic E-state index is 11.1. The Morgan fingerprint density at radius 1 is 1.27 bits per heavy atom. The number of ether oxygens (including phenoxy) is 4. The number of aliphatic hydroxyl groups excluding tert-OH is 1. The van der Waals surface area contributed by atoms with Crippen LogP contribution in [0.4, 0.5) is 0 Å². The first-order valence-electron chi connectivity index (χ1n) is 10.8. The minimum atomic E-state index is -0.350. The predicted molar refractivity (Wildman–Crippen MR) is 111 cm³/mol. The van der Waals surface area contributed by atoms with Gasteiger partial charge in [-0.05, 0) is 50.7 Å². The molecule has 7 heteroatoms. The van der Waals surface area contributed by atoms with Crippen LogP contribution in [0.1, 0.15) is 56.7 Å². The molecule has 6 nitrogen and oxygen atoms in total. The number of methoxy groups -OCH3 is 1. The van der Waals surface area contributed by atoms with Crippen LogP contribution in [-0.2, 0) is 11.2 Å². The van der Waals surface area contributed by atoms with Crippen LogP contribution in [0.3, 0.4) is 0 Å². The molecule has 1 fully saturated rings. The highest BCUT2D eigenvalue weighted by atomic mass is 127. The fourth-order valence-electron chi connectivity index (χ4n) is 5.47. The Labute approximate surface area is 197 Å². The van der Waals surface area contributed by atoms with Gasteiger partial charge in [-0.15, -0.1) is 0 Å². The molecule has 3 aliphatic rings. The van der Waals surface area contributed by atoms with Crippen molar-refractivity contribution in [3.8, 4) is 17.2 Å². The predicted octanol–water partition coefficient (Wildman–Crippen LogP) is 0.448. The van der Waals surface area contributed by atoms with Gasteiger partial charge >= 0.3 is 0 Å². The van der Waals surface area contributed by atoms with E-state index in [-0.39, 0.29) is 48.5 Å². The molecule has 1 saturated heterocycles. The Balaban J connectivity index is 0.00000256. The molecule has 3 atom stereocenters. The van der Waals surface area contributed by atoms with Crippen molar-refractivity contribution in [1.29, 1.82) is 0 Å².